The van der Waals surface area contributed by atoms with E-state index in [1.165, 1.54) is 11.8 Å². The lowest BCUT2D eigenvalue weighted by Gasteiger charge is -2.14. The van der Waals surface area contributed by atoms with Gasteiger partial charge in [-0.05, 0) is 55.7 Å². The van der Waals surface area contributed by atoms with E-state index in [1.807, 2.05) is 61.5 Å². The van der Waals surface area contributed by atoms with Gasteiger partial charge in [0.1, 0.15) is 15.8 Å². The van der Waals surface area contributed by atoms with Crippen molar-refractivity contribution >= 4 is 51.9 Å². The van der Waals surface area contributed by atoms with E-state index in [-0.39, 0.29) is 11.8 Å². The fourth-order valence-corrected chi connectivity index (χ4v) is 4.65. The summed E-state index contributed by atoms with van der Waals surface area (Å²) in [5, 5.41) is 2.91. The molecule has 6 nitrogen and oxygen atoms in total. The first-order valence-electron chi connectivity index (χ1n) is 10.9. The first kappa shape index (κ1) is 24.8. The molecule has 1 N–H and O–H groups in total. The van der Waals surface area contributed by atoms with Crippen LogP contribution in [0.1, 0.15) is 38.2 Å². The molecule has 0 radical (unpaired) electrons. The largest absolute Gasteiger partial charge is 0.497 e. The van der Waals surface area contributed by atoms with Gasteiger partial charge in [-0.1, -0.05) is 54.7 Å². The number of hydrogen-bond donors (Lipinski definition) is 1. The fourth-order valence-electron chi connectivity index (χ4n) is 3.34. The van der Waals surface area contributed by atoms with E-state index in [0.29, 0.717) is 40.2 Å². The van der Waals surface area contributed by atoms with E-state index in [9.17, 15) is 9.59 Å². The summed E-state index contributed by atoms with van der Waals surface area (Å²) >= 11 is 6.73. The van der Waals surface area contributed by atoms with Crippen LogP contribution < -0.4 is 14.8 Å². The Bertz CT molecular complexity index is 1020. The molecule has 0 spiro atoms. The van der Waals surface area contributed by atoms with Crippen molar-refractivity contribution < 1.29 is 19.1 Å². The number of nitrogens with zero attached hydrogens (tertiary/aromatic N) is 1. The summed E-state index contributed by atoms with van der Waals surface area (Å²) in [6, 6.07) is 14.9. The van der Waals surface area contributed by atoms with Crippen LogP contribution in [-0.4, -0.2) is 41.3 Å². The molecule has 1 aliphatic rings. The van der Waals surface area contributed by atoms with Crippen LogP contribution >= 0.6 is 24.0 Å². The van der Waals surface area contributed by atoms with E-state index >= 15 is 0 Å². The number of amides is 2. The highest BCUT2D eigenvalue weighted by molar-refractivity contribution is 8.26. The molecule has 33 heavy (non-hydrogen) atoms. The second kappa shape index (κ2) is 12.4. The highest BCUT2D eigenvalue weighted by atomic mass is 32.2. The summed E-state index contributed by atoms with van der Waals surface area (Å²) in [5.41, 5.74) is 1.61. The molecule has 0 aromatic heterocycles. The zero-order valence-electron chi connectivity index (χ0n) is 18.8. The number of hydrogen-bond acceptors (Lipinski definition) is 6. The van der Waals surface area contributed by atoms with Crippen LogP contribution in [0.15, 0.2) is 53.4 Å². The molecule has 0 unspecified atom stereocenters. The lowest BCUT2D eigenvalue weighted by atomic mass is 10.1. The van der Waals surface area contributed by atoms with Crippen LogP contribution in [0.2, 0.25) is 0 Å². The second-order valence-electron chi connectivity index (χ2n) is 7.39. The summed E-state index contributed by atoms with van der Waals surface area (Å²) in [6.07, 6.45) is 4.61. The number of carbonyl (C=O) groups is 2. The lowest BCUT2D eigenvalue weighted by molar-refractivity contribution is -0.122. The van der Waals surface area contributed by atoms with Crippen LogP contribution in [0.5, 0.6) is 11.5 Å². The van der Waals surface area contributed by atoms with Crippen molar-refractivity contribution in [1.82, 2.24) is 4.90 Å². The van der Waals surface area contributed by atoms with E-state index in [1.54, 1.807) is 12.0 Å². The molecule has 0 aliphatic carbocycles. The smallest absolute Gasteiger partial charge is 0.266 e. The minimum atomic E-state index is -0.0638. The molecule has 3 rings (SSSR count). The summed E-state index contributed by atoms with van der Waals surface area (Å²) in [4.78, 5) is 27.3. The van der Waals surface area contributed by atoms with Gasteiger partial charge in [-0.15, -0.1) is 0 Å². The predicted octanol–water partition coefficient (Wildman–Crippen LogP) is 5.49. The Morgan fingerprint density at radius 3 is 2.61 bits per heavy atom. The van der Waals surface area contributed by atoms with Crippen molar-refractivity contribution in [3.8, 4) is 11.5 Å². The van der Waals surface area contributed by atoms with Crippen molar-refractivity contribution in [2.75, 3.05) is 25.6 Å². The second-order valence-corrected chi connectivity index (χ2v) is 9.07. The Kier molecular flexibility index (Phi) is 9.33. The SMILES string of the molecule is CCOc1ccccc1NC(=O)CCCCCN1C(=O)C(=Cc2ccc(OC)cc2)SC1=S. The third-order valence-electron chi connectivity index (χ3n) is 5.03. The van der Waals surface area contributed by atoms with Gasteiger partial charge in [-0.2, -0.15) is 0 Å². The van der Waals surface area contributed by atoms with Gasteiger partial charge >= 0.3 is 0 Å². The molecular weight excluding hydrogens is 456 g/mol. The number of nitrogens with one attached hydrogen (secondary N) is 1. The zero-order valence-corrected chi connectivity index (χ0v) is 20.5. The number of thioether (sulfide) groups is 1. The lowest BCUT2D eigenvalue weighted by Crippen LogP contribution is -2.29. The van der Waals surface area contributed by atoms with Gasteiger partial charge in [0.05, 0.1) is 24.3 Å². The van der Waals surface area contributed by atoms with Gasteiger partial charge in [0.15, 0.2) is 0 Å². The van der Waals surface area contributed by atoms with Crippen LogP contribution in [0.3, 0.4) is 0 Å². The average Bonchev–Trinajstić information content (AvgIpc) is 3.08. The third kappa shape index (κ3) is 7.07. The van der Waals surface area contributed by atoms with Crippen LogP contribution in [0, 0.1) is 0 Å². The van der Waals surface area contributed by atoms with Crippen molar-refractivity contribution in [3.63, 3.8) is 0 Å². The van der Waals surface area contributed by atoms with Gasteiger partial charge < -0.3 is 14.8 Å². The Hall–Kier alpha value is -2.84. The van der Waals surface area contributed by atoms with E-state index < -0.39 is 0 Å². The first-order chi connectivity index (χ1) is 16.0. The van der Waals surface area contributed by atoms with Gasteiger partial charge in [-0.25, -0.2) is 0 Å². The Balaban J connectivity index is 1.42. The number of methoxy groups -OCH3 is 1. The number of rotatable bonds is 11. The van der Waals surface area contributed by atoms with Gasteiger partial charge in [0.2, 0.25) is 5.91 Å². The number of para-hydroxylation sites is 2. The van der Waals surface area contributed by atoms with Crippen molar-refractivity contribution in [2.24, 2.45) is 0 Å². The highest BCUT2D eigenvalue weighted by Gasteiger charge is 2.31. The van der Waals surface area contributed by atoms with E-state index in [2.05, 4.69) is 5.32 Å². The number of anilines is 1. The molecule has 2 aromatic rings. The molecule has 1 saturated heterocycles. The molecule has 174 valence electrons. The minimum Gasteiger partial charge on any atom is -0.497 e. The maximum absolute atomic E-state index is 12.8. The number of carbonyl (C=O) groups excluding carboxylic acids is 2. The maximum Gasteiger partial charge on any atom is 0.266 e. The summed E-state index contributed by atoms with van der Waals surface area (Å²) in [7, 11) is 1.62. The highest BCUT2D eigenvalue weighted by Crippen LogP contribution is 2.33. The number of ether oxygens (including phenoxy) is 2. The number of unbranched alkanes of at least 4 members (excludes halogenated alkanes) is 2. The van der Waals surface area contributed by atoms with Crippen LogP contribution in [0.4, 0.5) is 5.69 Å². The van der Waals surface area contributed by atoms with E-state index in [4.69, 9.17) is 21.7 Å². The van der Waals surface area contributed by atoms with Gasteiger partial charge in [0, 0.05) is 13.0 Å². The average molecular weight is 485 g/mol. The third-order valence-corrected chi connectivity index (χ3v) is 6.41. The van der Waals surface area contributed by atoms with Crippen molar-refractivity contribution in [2.45, 2.75) is 32.6 Å². The molecule has 0 bridgehead atoms. The summed E-state index contributed by atoms with van der Waals surface area (Å²) in [5.74, 6) is 1.33. The normalized spacial score (nSPS) is 14.6. The predicted molar refractivity (Wildman–Crippen MR) is 138 cm³/mol. The monoisotopic (exact) mass is 484 g/mol. The molecule has 2 aromatic carbocycles. The van der Waals surface area contributed by atoms with Gasteiger partial charge in [-0.3, -0.25) is 14.5 Å². The maximum atomic E-state index is 12.8. The standard InChI is InChI=1S/C25H28N2O4S2/c1-3-31-21-10-7-6-9-20(21)26-23(28)11-5-4-8-16-27-24(29)22(33-25(27)32)17-18-12-14-19(30-2)15-13-18/h6-7,9-10,12-15,17H,3-5,8,11,16H2,1-2H3,(H,26,28). The van der Waals surface area contributed by atoms with Crippen LogP contribution in [0.25, 0.3) is 6.08 Å². The molecule has 2 amide bonds. The topological polar surface area (TPSA) is 67.9 Å². The first-order valence-corrected chi connectivity index (χ1v) is 12.2. The van der Waals surface area contributed by atoms with Crippen molar-refractivity contribution in [3.05, 3.63) is 59.0 Å². The Labute approximate surface area is 204 Å². The molecule has 8 heteroatoms. The molecule has 0 saturated carbocycles. The molecule has 0 atom stereocenters. The molecular formula is C25H28N2O4S2. The molecule has 1 aliphatic heterocycles. The Morgan fingerprint density at radius 1 is 1.12 bits per heavy atom. The summed E-state index contributed by atoms with van der Waals surface area (Å²) < 4.78 is 11.3. The molecule has 1 heterocycles. The summed E-state index contributed by atoms with van der Waals surface area (Å²) in [6.45, 7) is 3.00. The molecule has 1 fully saturated rings. The zero-order chi connectivity index (χ0) is 23.6. The fraction of sp³-hybridized carbons (Fsp3) is 0.320. The quantitative estimate of drug-likeness (QED) is 0.258. The van der Waals surface area contributed by atoms with Crippen LogP contribution in [-0.2, 0) is 9.59 Å². The van der Waals surface area contributed by atoms with Gasteiger partial charge in [0.25, 0.3) is 5.91 Å². The number of thiocarbonyl (C=S) groups is 1. The Morgan fingerprint density at radius 2 is 1.88 bits per heavy atom. The minimum absolute atomic E-state index is 0.0461. The number of benzene rings is 2. The van der Waals surface area contributed by atoms with Crippen molar-refractivity contribution in [1.29, 1.82) is 0 Å². The van der Waals surface area contributed by atoms with E-state index in [0.717, 1.165) is 30.6 Å².